The quantitative estimate of drug-likeness (QED) is 0.415. The smallest absolute Gasteiger partial charge is 0.136 e. The van der Waals surface area contributed by atoms with Crippen molar-refractivity contribution >= 4 is 16.7 Å². The average molecular weight is 385 g/mol. The molecule has 0 aliphatic carbocycles. The summed E-state index contributed by atoms with van der Waals surface area (Å²) >= 11 is 0. The van der Waals surface area contributed by atoms with Crippen LogP contribution in [-0.4, -0.2) is 13.2 Å². The number of ether oxygens (including phenoxy) is 2. The maximum absolute atomic E-state index is 6.14. The van der Waals surface area contributed by atoms with Gasteiger partial charge in [0.05, 0.1) is 24.3 Å². The molecule has 146 valence electrons. The van der Waals surface area contributed by atoms with Crippen molar-refractivity contribution in [2.75, 3.05) is 7.11 Å². The summed E-state index contributed by atoms with van der Waals surface area (Å²) in [4.78, 5) is 4.87. The van der Waals surface area contributed by atoms with Gasteiger partial charge in [0.25, 0.3) is 0 Å². The molecule has 4 nitrogen and oxygen atoms in total. The molecule has 0 unspecified atom stereocenters. The maximum Gasteiger partial charge on any atom is 0.136 e. The Kier molecular flexibility index (Phi) is 5.34. The Bertz CT molecular complexity index is 1170. The van der Waals surface area contributed by atoms with Crippen molar-refractivity contribution in [3.63, 3.8) is 0 Å². The third-order valence-electron chi connectivity index (χ3n) is 4.48. The summed E-state index contributed by atoms with van der Waals surface area (Å²) in [6.45, 7) is 4.02. The summed E-state index contributed by atoms with van der Waals surface area (Å²) in [5.41, 5.74) is 2.62. The zero-order valence-corrected chi connectivity index (χ0v) is 16.8. The highest BCUT2D eigenvalue weighted by Gasteiger charge is 2.06. The summed E-state index contributed by atoms with van der Waals surface area (Å²) in [7, 11) is 1.66. The molecule has 0 amide bonds. The second kappa shape index (κ2) is 8.23. The largest absolute Gasteiger partial charge is 0.497 e. The third-order valence-corrected chi connectivity index (χ3v) is 4.48. The zero-order chi connectivity index (χ0) is 20.2. The fraction of sp³-hybridized carbons (Fsp3) is 0.160. The SMILES string of the molecule is COc1ccc(-c2cc(=Nc3ccc(OC(C)C)cc3)c3ccccc3o2)cc1. The van der Waals surface area contributed by atoms with E-state index in [4.69, 9.17) is 18.9 Å². The first-order valence-corrected chi connectivity index (χ1v) is 9.61. The van der Waals surface area contributed by atoms with Crippen molar-refractivity contribution in [3.8, 4) is 22.8 Å². The van der Waals surface area contributed by atoms with Crippen LogP contribution in [0.25, 0.3) is 22.3 Å². The Morgan fingerprint density at radius 1 is 0.828 bits per heavy atom. The van der Waals surface area contributed by atoms with Gasteiger partial charge in [-0.1, -0.05) is 12.1 Å². The van der Waals surface area contributed by atoms with Gasteiger partial charge in [0.15, 0.2) is 0 Å². The highest BCUT2D eigenvalue weighted by atomic mass is 16.5. The molecule has 0 atom stereocenters. The van der Waals surface area contributed by atoms with E-state index in [1.54, 1.807) is 7.11 Å². The summed E-state index contributed by atoms with van der Waals surface area (Å²) in [5.74, 6) is 2.40. The fourth-order valence-electron chi connectivity index (χ4n) is 3.12. The lowest BCUT2D eigenvalue weighted by molar-refractivity contribution is 0.242. The molecular weight excluding hydrogens is 362 g/mol. The molecule has 4 aromatic rings. The molecule has 0 saturated carbocycles. The van der Waals surface area contributed by atoms with E-state index < -0.39 is 0 Å². The number of fused-ring (bicyclic) bond motifs is 1. The Morgan fingerprint density at radius 3 is 2.21 bits per heavy atom. The molecule has 0 saturated heterocycles. The molecule has 29 heavy (non-hydrogen) atoms. The molecule has 0 bridgehead atoms. The van der Waals surface area contributed by atoms with Crippen molar-refractivity contribution in [3.05, 3.63) is 84.2 Å². The van der Waals surface area contributed by atoms with E-state index in [0.29, 0.717) is 0 Å². The van der Waals surface area contributed by atoms with Crippen LogP contribution in [0.2, 0.25) is 0 Å². The van der Waals surface area contributed by atoms with Crippen molar-refractivity contribution < 1.29 is 13.9 Å². The van der Waals surface area contributed by atoms with Gasteiger partial charge in [-0.2, -0.15) is 0 Å². The Morgan fingerprint density at radius 2 is 1.52 bits per heavy atom. The molecule has 0 fully saturated rings. The molecule has 0 aliphatic rings. The number of rotatable bonds is 5. The minimum Gasteiger partial charge on any atom is -0.497 e. The minimum atomic E-state index is 0.143. The highest BCUT2D eigenvalue weighted by molar-refractivity contribution is 5.78. The Labute approximate surface area is 170 Å². The van der Waals surface area contributed by atoms with Crippen molar-refractivity contribution in [2.45, 2.75) is 20.0 Å². The van der Waals surface area contributed by atoms with Crippen molar-refractivity contribution in [1.29, 1.82) is 0 Å². The Balaban J connectivity index is 1.81. The first kappa shape index (κ1) is 18.8. The number of hydrogen-bond donors (Lipinski definition) is 0. The number of methoxy groups -OCH3 is 1. The second-order valence-electron chi connectivity index (χ2n) is 6.99. The lowest BCUT2D eigenvalue weighted by Crippen LogP contribution is -2.05. The molecule has 4 rings (SSSR count). The average Bonchev–Trinajstić information content (AvgIpc) is 2.75. The van der Waals surface area contributed by atoms with E-state index in [1.807, 2.05) is 92.7 Å². The van der Waals surface area contributed by atoms with E-state index in [2.05, 4.69) is 0 Å². The highest BCUT2D eigenvalue weighted by Crippen LogP contribution is 2.25. The molecule has 1 aromatic heterocycles. The number of benzene rings is 3. The first-order chi connectivity index (χ1) is 14.1. The number of para-hydroxylation sites is 1. The monoisotopic (exact) mass is 385 g/mol. The summed E-state index contributed by atoms with van der Waals surface area (Å²) in [5, 5.41) is 1.82. The topological polar surface area (TPSA) is 44.0 Å². The van der Waals surface area contributed by atoms with Gasteiger partial charge in [-0.05, 0) is 74.5 Å². The van der Waals surface area contributed by atoms with Gasteiger partial charge in [0.1, 0.15) is 22.8 Å². The normalized spacial score (nSPS) is 11.8. The third kappa shape index (κ3) is 4.32. The van der Waals surface area contributed by atoms with Crippen LogP contribution in [0, 0.1) is 0 Å². The lowest BCUT2D eigenvalue weighted by Gasteiger charge is -2.09. The van der Waals surface area contributed by atoms with Crippen LogP contribution in [0.1, 0.15) is 13.8 Å². The second-order valence-corrected chi connectivity index (χ2v) is 6.99. The molecule has 0 spiro atoms. The molecule has 0 radical (unpaired) electrons. The van der Waals surface area contributed by atoms with Crippen LogP contribution in [0.5, 0.6) is 11.5 Å². The van der Waals surface area contributed by atoms with Gasteiger partial charge >= 0.3 is 0 Å². The van der Waals surface area contributed by atoms with Crippen LogP contribution in [-0.2, 0) is 0 Å². The summed E-state index contributed by atoms with van der Waals surface area (Å²) in [6, 6.07) is 25.5. The number of nitrogens with zero attached hydrogens (tertiary/aromatic N) is 1. The van der Waals surface area contributed by atoms with E-state index in [9.17, 15) is 0 Å². The molecule has 0 aliphatic heterocycles. The fourth-order valence-corrected chi connectivity index (χ4v) is 3.12. The van der Waals surface area contributed by atoms with Gasteiger partial charge in [0.2, 0.25) is 0 Å². The van der Waals surface area contributed by atoms with Gasteiger partial charge in [0, 0.05) is 17.0 Å². The summed E-state index contributed by atoms with van der Waals surface area (Å²) in [6.07, 6.45) is 0.143. The van der Waals surface area contributed by atoms with Crippen LogP contribution in [0.3, 0.4) is 0 Å². The number of hydrogen-bond acceptors (Lipinski definition) is 4. The standard InChI is InChI=1S/C25H23NO3/c1-17(2)28-21-14-10-19(11-15-21)26-23-16-25(18-8-12-20(27-3)13-9-18)29-24-7-5-4-6-22(23)24/h4-17H,1-3H3. The van der Waals surface area contributed by atoms with Crippen LogP contribution >= 0.6 is 0 Å². The predicted octanol–water partition coefficient (Wildman–Crippen LogP) is 6.13. The van der Waals surface area contributed by atoms with Gasteiger partial charge in [-0.15, -0.1) is 0 Å². The van der Waals surface area contributed by atoms with E-state index in [1.165, 1.54) is 0 Å². The van der Waals surface area contributed by atoms with E-state index >= 15 is 0 Å². The molecule has 3 aromatic carbocycles. The molecule has 1 heterocycles. The van der Waals surface area contributed by atoms with Crippen molar-refractivity contribution in [1.82, 2.24) is 0 Å². The van der Waals surface area contributed by atoms with Gasteiger partial charge < -0.3 is 13.9 Å². The molecule has 0 N–H and O–H groups in total. The van der Waals surface area contributed by atoms with Gasteiger partial charge in [-0.3, -0.25) is 0 Å². The molecule has 4 heteroatoms. The Hall–Kier alpha value is -3.53. The van der Waals surface area contributed by atoms with Crippen LogP contribution in [0.15, 0.2) is 88.3 Å². The van der Waals surface area contributed by atoms with Crippen LogP contribution < -0.4 is 14.8 Å². The van der Waals surface area contributed by atoms with E-state index in [-0.39, 0.29) is 6.10 Å². The maximum atomic E-state index is 6.14. The van der Waals surface area contributed by atoms with E-state index in [0.717, 1.165) is 44.8 Å². The zero-order valence-electron chi connectivity index (χ0n) is 16.8. The summed E-state index contributed by atoms with van der Waals surface area (Å²) < 4.78 is 17.1. The first-order valence-electron chi connectivity index (χ1n) is 9.61. The molecular formula is C25H23NO3. The lowest BCUT2D eigenvalue weighted by atomic mass is 10.1. The van der Waals surface area contributed by atoms with Gasteiger partial charge in [-0.25, -0.2) is 4.99 Å². The predicted molar refractivity (Wildman–Crippen MR) is 116 cm³/mol. The van der Waals surface area contributed by atoms with Crippen molar-refractivity contribution in [2.24, 2.45) is 4.99 Å². The van der Waals surface area contributed by atoms with Crippen LogP contribution in [0.4, 0.5) is 5.69 Å². The minimum absolute atomic E-state index is 0.143.